The van der Waals surface area contributed by atoms with E-state index in [0.29, 0.717) is 5.69 Å². The van der Waals surface area contributed by atoms with Crippen molar-refractivity contribution in [3.8, 4) is 0 Å². The number of hydrogen-bond acceptors (Lipinski definition) is 3. The molecule has 0 bridgehead atoms. The van der Waals surface area contributed by atoms with Crippen LogP contribution in [0.3, 0.4) is 0 Å². The molecule has 0 unspecified atom stereocenters. The standard InChI is InChI=1S/C17H18ClFN2O2S/c18-16-12-15(8-9-17(16)19)24(22,23)20-13-4-6-14(7-5-13)21-10-2-1-3-11-21/h4-9,12,20H,1-3,10-11H2. The van der Waals surface area contributed by atoms with E-state index in [1.165, 1.54) is 25.3 Å². The summed E-state index contributed by atoms with van der Waals surface area (Å²) in [5, 5.41) is -0.224. The van der Waals surface area contributed by atoms with E-state index < -0.39 is 15.8 Å². The number of rotatable bonds is 4. The molecule has 1 N–H and O–H groups in total. The highest BCUT2D eigenvalue weighted by Crippen LogP contribution is 2.24. The van der Waals surface area contributed by atoms with E-state index in [9.17, 15) is 12.8 Å². The van der Waals surface area contributed by atoms with Crippen LogP contribution in [0.4, 0.5) is 15.8 Å². The van der Waals surface area contributed by atoms with Crippen LogP contribution in [0.2, 0.25) is 5.02 Å². The van der Waals surface area contributed by atoms with Crippen molar-refractivity contribution in [1.82, 2.24) is 0 Å². The molecule has 24 heavy (non-hydrogen) atoms. The van der Waals surface area contributed by atoms with Crippen LogP contribution in [0.15, 0.2) is 47.4 Å². The zero-order chi connectivity index (χ0) is 17.2. The Balaban J connectivity index is 1.76. The fourth-order valence-electron chi connectivity index (χ4n) is 2.75. The number of benzene rings is 2. The molecule has 1 aliphatic heterocycles. The average Bonchev–Trinajstić information content (AvgIpc) is 2.58. The van der Waals surface area contributed by atoms with Gasteiger partial charge in [-0.25, -0.2) is 12.8 Å². The molecule has 2 aromatic rings. The summed E-state index contributed by atoms with van der Waals surface area (Å²) >= 11 is 5.66. The number of sulfonamides is 1. The molecule has 3 rings (SSSR count). The normalized spacial score (nSPS) is 15.3. The molecule has 4 nitrogen and oxygen atoms in total. The van der Waals surface area contributed by atoms with E-state index in [0.717, 1.165) is 30.9 Å². The van der Waals surface area contributed by atoms with Crippen molar-refractivity contribution in [1.29, 1.82) is 0 Å². The van der Waals surface area contributed by atoms with Crippen molar-refractivity contribution in [3.63, 3.8) is 0 Å². The van der Waals surface area contributed by atoms with E-state index in [-0.39, 0.29) is 9.92 Å². The maximum atomic E-state index is 13.2. The van der Waals surface area contributed by atoms with Gasteiger partial charge in [0.05, 0.1) is 9.92 Å². The number of piperidine rings is 1. The van der Waals surface area contributed by atoms with Crippen LogP contribution in [0.1, 0.15) is 19.3 Å². The molecule has 2 aromatic carbocycles. The zero-order valence-electron chi connectivity index (χ0n) is 13.0. The lowest BCUT2D eigenvalue weighted by atomic mass is 10.1. The fourth-order valence-corrected chi connectivity index (χ4v) is 4.08. The summed E-state index contributed by atoms with van der Waals surface area (Å²) in [6, 6.07) is 10.6. The van der Waals surface area contributed by atoms with Gasteiger partial charge in [0, 0.05) is 24.5 Å². The Morgan fingerprint density at radius 1 is 1.00 bits per heavy atom. The number of nitrogens with one attached hydrogen (secondary N) is 1. The summed E-state index contributed by atoms with van der Waals surface area (Å²) in [5.41, 5.74) is 1.54. The van der Waals surface area contributed by atoms with Gasteiger partial charge in [-0.3, -0.25) is 4.72 Å². The Bertz CT molecular complexity index is 819. The Labute approximate surface area is 146 Å². The van der Waals surface area contributed by atoms with E-state index in [1.807, 2.05) is 12.1 Å². The molecular formula is C17H18ClFN2O2S. The molecule has 1 heterocycles. The Kier molecular flexibility index (Phi) is 4.96. The third kappa shape index (κ3) is 3.82. The third-order valence-corrected chi connectivity index (χ3v) is 5.71. The van der Waals surface area contributed by atoms with Crippen LogP contribution >= 0.6 is 11.6 Å². The van der Waals surface area contributed by atoms with E-state index >= 15 is 0 Å². The SMILES string of the molecule is O=S(=O)(Nc1ccc(N2CCCCC2)cc1)c1ccc(F)c(Cl)c1. The molecule has 0 spiro atoms. The average molecular weight is 369 g/mol. The van der Waals surface area contributed by atoms with Crippen molar-refractivity contribution in [3.05, 3.63) is 53.3 Å². The van der Waals surface area contributed by atoms with Crippen LogP contribution < -0.4 is 9.62 Å². The molecule has 7 heteroatoms. The lowest BCUT2D eigenvalue weighted by Crippen LogP contribution is -2.29. The minimum absolute atomic E-state index is 0.0750. The van der Waals surface area contributed by atoms with Crippen molar-refractivity contribution in [2.24, 2.45) is 0 Å². The van der Waals surface area contributed by atoms with E-state index in [1.54, 1.807) is 12.1 Å². The molecule has 0 aliphatic carbocycles. The number of hydrogen-bond donors (Lipinski definition) is 1. The summed E-state index contributed by atoms with van der Waals surface area (Å²) < 4.78 is 40.4. The number of anilines is 2. The van der Waals surface area contributed by atoms with E-state index in [4.69, 9.17) is 11.6 Å². The number of nitrogens with zero attached hydrogens (tertiary/aromatic N) is 1. The Hall–Kier alpha value is -1.79. The molecule has 1 saturated heterocycles. The van der Waals surface area contributed by atoms with Gasteiger partial charge in [-0.15, -0.1) is 0 Å². The lowest BCUT2D eigenvalue weighted by molar-refractivity contribution is 0.578. The Morgan fingerprint density at radius 2 is 1.67 bits per heavy atom. The number of halogens is 2. The molecule has 0 atom stereocenters. The molecule has 0 amide bonds. The minimum atomic E-state index is -3.81. The highest BCUT2D eigenvalue weighted by molar-refractivity contribution is 7.92. The van der Waals surface area contributed by atoms with Gasteiger partial charge in [0.15, 0.2) is 0 Å². The van der Waals surface area contributed by atoms with Crippen molar-refractivity contribution >= 4 is 33.0 Å². The van der Waals surface area contributed by atoms with Crippen LogP contribution in [0, 0.1) is 5.82 Å². The van der Waals surface area contributed by atoms with Crippen LogP contribution in [0.5, 0.6) is 0 Å². The van der Waals surface area contributed by atoms with Gasteiger partial charge in [0.1, 0.15) is 5.82 Å². The van der Waals surface area contributed by atoms with Crippen molar-refractivity contribution in [2.75, 3.05) is 22.7 Å². The highest BCUT2D eigenvalue weighted by atomic mass is 35.5. The largest absolute Gasteiger partial charge is 0.372 e. The second kappa shape index (κ2) is 6.99. The van der Waals surface area contributed by atoms with Crippen molar-refractivity contribution < 1.29 is 12.8 Å². The van der Waals surface area contributed by atoms with Gasteiger partial charge in [-0.2, -0.15) is 0 Å². The first-order valence-electron chi connectivity index (χ1n) is 7.79. The summed E-state index contributed by atoms with van der Waals surface area (Å²) in [6.07, 6.45) is 3.62. The lowest BCUT2D eigenvalue weighted by Gasteiger charge is -2.28. The fraction of sp³-hybridized carbons (Fsp3) is 0.294. The molecule has 1 fully saturated rings. The van der Waals surface area contributed by atoms with Gasteiger partial charge in [0.2, 0.25) is 0 Å². The van der Waals surface area contributed by atoms with Gasteiger partial charge < -0.3 is 4.90 Å². The third-order valence-electron chi connectivity index (χ3n) is 4.04. The Morgan fingerprint density at radius 3 is 2.29 bits per heavy atom. The first-order valence-corrected chi connectivity index (χ1v) is 9.65. The topological polar surface area (TPSA) is 49.4 Å². The second-order valence-corrected chi connectivity index (χ2v) is 7.87. The summed E-state index contributed by atoms with van der Waals surface area (Å²) in [4.78, 5) is 2.22. The first kappa shape index (κ1) is 17.0. The second-order valence-electron chi connectivity index (χ2n) is 5.78. The maximum absolute atomic E-state index is 13.2. The summed E-state index contributed by atoms with van der Waals surface area (Å²) in [7, 11) is -3.81. The predicted octanol–water partition coefficient (Wildman–Crippen LogP) is 4.27. The van der Waals surface area contributed by atoms with Gasteiger partial charge in [-0.05, 0) is 61.7 Å². The minimum Gasteiger partial charge on any atom is -0.372 e. The van der Waals surface area contributed by atoms with Crippen LogP contribution in [-0.2, 0) is 10.0 Å². The molecular weight excluding hydrogens is 351 g/mol. The monoisotopic (exact) mass is 368 g/mol. The summed E-state index contributed by atoms with van der Waals surface area (Å²) in [5.74, 6) is -0.651. The first-order chi connectivity index (χ1) is 11.5. The van der Waals surface area contributed by atoms with Gasteiger partial charge >= 0.3 is 0 Å². The highest BCUT2D eigenvalue weighted by Gasteiger charge is 2.16. The smallest absolute Gasteiger partial charge is 0.261 e. The van der Waals surface area contributed by atoms with Crippen molar-refractivity contribution in [2.45, 2.75) is 24.2 Å². The zero-order valence-corrected chi connectivity index (χ0v) is 14.6. The predicted molar refractivity (Wildman–Crippen MR) is 94.7 cm³/mol. The van der Waals surface area contributed by atoms with Gasteiger partial charge in [-0.1, -0.05) is 11.6 Å². The maximum Gasteiger partial charge on any atom is 0.261 e. The summed E-state index contributed by atoms with van der Waals surface area (Å²) in [6.45, 7) is 2.05. The molecule has 0 aromatic heterocycles. The molecule has 128 valence electrons. The molecule has 0 radical (unpaired) electrons. The van der Waals surface area contributed by atoms with Crippen LogP contribution in [0.25, 0.3) is 0 Å². The van der Waals surface area contributed by atoms with E-state index in [2.05, 4.69) is 9.62 Å². The molecule has 0 saturated carbocycles. The quantitative estimate of drug-likeness (QED) is 0.876. The van der Waals surface area contributed by atoms with Gasteiger partial charge in [0.25, 0.3) is 10.0 Å². The van der Waals surface area contributed by atoms with Crippen LogP contribution in [-0.4, -0.2) is 21.5 Å². The molecule has 1 aliphatic rings.